The fraction of sp³-hybridized carbons (Fsp3) is 0.833. The zero-order valence-corrected chi connectivity index (χ0v) is 9.16. The molecule has 0 unspecified atom stereocenters. The van der Waals surface area contributed by atoms with Crippen molar-refractivity contribution in [2.24, 2.45) is 0 Å². The summed E-state index contributed by atoms with van der Waals surface area (Å²) >= 11 is 0. The third-order valence-electron chi connectivity index (χ3n) is 1.94. The Hall–Kier alpha value is -0.480. The van der Waals surface area contributed by atoms with Gasteiger partial charge in [-0.15, -0.1) is 11.8 Å². The van der Waals surface area contributed by atoms with Crippen LogP contribution in [-0.4, -0.2) is 13.1 Å². The molecule has 13 heavy (non-hydrogen) atoms. The molecule has 0 aromatic carbocycles. The van der Waals surface area contributed by atoms with Gasteiger partial charge >= 0.3 is 0 Å². The van der Waals surface area contributed by atoms with Crippen LogP contribution in [-0.2, 0) is 0 Å². The number of hydrogen-bond donors (Lipinski definition) is 1. The standard InChI is InChI=1S/C12H23N/c1-3-5-7-9-11-13-12-10-8-6-4-2/h13H,3-5,7,9-12H2,1-2H3. The maximum absolute atomic E-state index is 3.40. The maximum Gasteiger partial charge on any atom is 0.0214 e. The molecule has 0 heterocycles. The van der Waals surface area contributed by atoms with Gasteiger partial charge in [-0.1, -0.05) is 33.1 Å². The van der Waals surface area contributed by atoms with E-state index < -0.39 is 0 Å². The lowest BCUT2D eigenvalue weighted by Crippen LogP contribution is -2.16. The first-order valence-electron chi connectivity index (χ1n) is 5.58. The molecule has 0 spiro atoms. The zero-order valence-electron chi connectivity index (χ0n) is 9.16. The summed E-state index contributed by atoms with van der Waals surface area (Å²) in [7, 11) is 0. The van der Waals surface area contributed by atoms with Crippen molar-refractivity contribution in [3.05, 3.63) is 0 Å². The van der Waals surface area contributed by atoms with Crippen LogP contribution in [0.5, 0.6) is 0 Å². The molecule has 0 saturated carbocycles. The van der Waals surface area contributed by atoms with Gasteiger partial charge in [0.25, 0.3) is 0 Å². The van der Waals surface area contributed by atoms with Crippen molar-refractivity contribution in [1.82, 2.24) is 5.32 Å². The van der Waals surface area contributed by atoms with E-state index in [9.17, 15) is 0 Å². The summed E-state index contributed by atoms with van der Waals surface area (Å²) in [5.41, 5.74) is 0. The van der Waals surface area contributed by atoms with E-state index >= 15 is 0 Å². The second kappa shape index (κ2) is 11.5. The molecule has 0 aromatic rings. The number of unbranched alkanes of at least 4 members (excludes halogenated alkanes) is 3. The predicted molar refractivity (Wildman–Crippen MR) is 59.7 cm³/mol. The Balaban J connectivity index is 2.91. The van der Waals surface area contributed by atoms with Gasteiger partial charge in [-0.05, 0) is 13.0 Å². The van der Waals surface area contributed by atoms with E-state index in [-0.39, 0.29) is 0 Å². The first-order chi connectivity index (χ1) is 6.41. The third-order valence-corrected chi connectivity index (χ3v) is 1.94. The monoisotopic (exact) mass is 181 g/mol. The van der Waals surface area contributed by atoms with Crippen LogP contribution in [0.25, 0.3) is 0 Å². The van der Waals surface area contributed by atoms with E-state index in [0.29, 0.717) is 0 Å². The van der Waals surface area contributed by atoms with Gasteiger partial charge in [-0.25, -0.2) is 0 Å². The van der Waals surface area contributed by atoms with Crippen LogP contribution in [0, 0.1) is 11.8 Å². The Bertz CT molecular complexity index is 141. The first-order valence-corrected chi connectivity index (χ1v) is 5.58. The molecule has 0 aliphatic heterocycles. The van der Waals surface area contributed by atoms with E-state index in [2.05, 4.69) is 31.0 Å². The van der Waals surface area contributed by atoms with Gasteiger partial charge in [0.05, 0.1) is 0 Å². The molecule has 1 heteroatoms. The summed E-state index contributed by atoms with van der Waals surface area (Å²) in [6.07, 6.45) is 7.36. The Morgan fingerprint density at radius 3 is 2.46 bits per heavy atom. The topological polar surface area (TPSA) is 12.0 Å². The van der Waals surface area contributed by atoms with E-state index in [1.54, 1.807) is 0 Å². The highest BCUT2D eigenvalue weighted by atomic mass is 14.8. The average Bonchev–Trinajstić information content (AvgIpc) is 2.16. The van der Waals surface area contributed by atoms with Crippen molar-refractivity contribution in [2.45, 2.75) is 52.4 Å². The molecule has 0 aliphatic carbocycles. The molecule has 0 amide bonds. The van der Waals surface area contributed by atoms with Gasteiger partial charge in [-0.3, -0.25) is 0 Å². The summed E-state index contributed by atoms with van der Waals surface area (Å²) < 4.78 is 0. The summed E-state index contributed by atoms with van der Waals surface area (Å²) in [6, 6.07) is 0. The van der Waals surface area contributed by atoms with E-state index in [0.717, 1.165) is 25.9 Å². The molecule has 0 radical (unpaired) electrons. The van der Waals surface area contributed by atoms with Crippen molar-refractivity contribution in [2.75, 3.05) is 13.1 Å². The Kier molecular flexibility index (Phi) is 11.1. The molecular formula is C12H23N. The maximum atomic E-state index is 3.40. The minimum absolute atomic E-state index is 0.983. The largest absolute Gasteiger partial charge is 0.316 e. The van der Waals surface area contributed by atoms with Crippen LogP contribution in [0.4, 0.5) is 0 Å². The van der Waals surface area contributed by atoms with Gasteiger partial charge < -0.3 is 5.32 Å². The van der Waals surface area contributed by atoms with Crippen LogP contribution in [0.15, 0.2) is 0 Å². The molecule has 1 nitrogen and oxygen atoms in total. The van der Waals surface area contributed by atoms with Crippen LogP contribution in [0.2, 0.25) is 0 Å². The first kappa shape index (κ1) is 12.5. The highest BCUT2D eigenvalue weighted by Gasteiger charge is 1.86. The van der Waals surface area contributed by atoms with Gasteiger partial charge in [0, 0.05) is 19.4 Å². The third kappa shape index (κ3) is 11.5. The van der Waals surface area contributed by atoms with Crippen LogP contribution >= 0.6 is 0 Å². The Labute approximate surface area is 83.3 Å². The fourth-order valence-electron chi connectivity index (χ4n) is 1.17. The fourth-order valence-corrected chi connectivity index (χ4v) is 1.17. The minimum Gasteiger partial charge on any atom is -0.316 e. The van der Waals surface area contributed by atoms with E-state index in [1.807, 2.05) is 0 Å². The second-order valence-electron chi connectivity index (χ2n) is 3.27. The van der Waals surface area contributed by atoms with E-state index in [4.69, 9.17) is 0 Å². The number of nitrogens with one attached hydrogen (secondary N) is 1. The van der Waals surface area contributed by atoms with Gasteiger partial charge in [0.1, 0.15) is 0 Å². The van der Waals surface area contributed by atoms with Crippen molar-refractivity contribution in [3.8, 4) is 11.8 Å². The Morgan fingerprint density at radius 2 is 1.77 bits per heavy atom. The molecule has 0 aliphatic rings. The van der Waals surface area contributed by atoms with Crippen LogP contribution in [0.3, 0.4) is 0 Å². The Morgan fingerprint density at radius 1 is 0.923 bits per heavy atom. The van der Waals surface area contributed by atoms with Crippen molar-refractivity contribution in [1.29, 1.82) is 0 Å². The molecule has 0 fully saturated rings. The SMILES string of the molecule is CCC#CCCNCCCCCC. The summed E-state index contributed by atoms with van der Waals surface area (Å²) in [5, 5.41) is 3.40. The number of rotatable bonds is 7. The average molecular weight is 181 g/mol. The lowest BCUT2D eigenvalue weighted by Gasteiger charge is -2.00. The normalized spacial score (nSPS) is 9.38. The molecule has 76 valence electrons. The van der Waals surface area contributed by atoms with Crippen LogP contribution in [0.1, 0.15) is 52.4 Å². The van der Waals surface area contributed by atoms with Gasteiger partial charge in [-0.2, -0.15) is 0 Å². The lowest BCUT2D eigenvalue weighted by molar-refractivity contribution is 0.603. The van der Waals surface area contributed by atoms with Crippen molar-refractivity contribution in [3.63, 3.8) is 0 Å². The van der Waals surface area contributed by atoms with Crippen LogP contribution < -0.4 is 5.32 Å². The summed E-state index contributed by atoms with van der Waals surface area (Å²) in [4.78, 5) is 0. The highest BCUT2D eigenvalue weighted by Crippen LogP contribution is 1.96. The van der Waals surface area contributed by atoms with Crippen molar-refractivity contribution >= 4 is 0 Å². The number of hydrogen-bond acceptors (Lipinski definition) is 1. The smallest absolute Gasteiger partial charge is 0.0214 e. The van der Waals surface area contributed by atoms with Crippen molar-refractivity contribution < 1.29 is 0 Å². The molecule has 1 N–H and O–H groups in total. The summed E-state index contributed by atoms with van der Waals surface area (Å²) in [5.74, 6) is 6.19. The second-order valence-corrected chi connectivity index (χ2v) is 3.27. The van der Waals surface area contributed by atoms with E-state index in [1.165, 1.54) is 25.7 Å². The highest BCUT2D eigenvalue weighted by molar-refractivity contribution is 4.97. The zero-order chi connectivity index (χ0) is 9.78. The molecule has 0 bridgehead atoms. The molecule has 0 rings (SSSR count). The summed E-state index contributed by atoms with van der Waals surface area (Å²) in [6.45, 7) is 6.55. The predicted octanol–water partition coefficient (Wildman–Crippen LogP) is 2.96. The quantitative estimate of drug-likeness (QED) is 0.470. The van der Waals surface area contributed by atoms with Gasteiger partial charge in [0.2, 0.25) is 0 Å². The van der Waals surface area contributed by atoms with Gasteiger partial charge in [0.15, 0.2) is 0 Å². The lowest BCUT2D eigenvalue weighted by atomic mass is 10.2. The molecule has 0 atom stereocenters. The molecular weight excluding hydrogens is 158 g/mol. The molecule has 0 saturated heterocycles. The minimum atomic E-state index is 0.983. The molecule has 0 aromatic heterocycles.